The van der Waals surface area contributed by atoms with E-state index in [0.717, 1.165) is 24.5 Å². The van der Waals surface area contributed by atoms with Crippen LogP contribution in [0.2, 0.25) is 0 Å². The first-order valence-electron chi connectivity index (χ1n) is 5.65. The summed E-state index contributed by atoms with van der Waals surface area (Å²) < 4.78 is 6.98. The fourth-order valence-electron chi connectivity index (χ4n) is 1.85. The summed E-state index contributed by atoms with van der Waals surface area (Å²) in [5, 5.41) is 8.00. The monoisotopic (exact) mass is 241 g/mol. The molecule has 1 fully saturated rings. The van der Waals surface area contributed by atoms with Crippen LogP contribution in [0.25, 0.3) is 0 Å². The van der Waals surface area contributed by atoms with E-state index in [9.17, 15) is 0 Å². The van der Waals surface area contributed by atoms with Crippen molar-refractivity contribution < 1.29 is 4.74 Å². The van der Waals surface area contributed by atoms with Crippen LogP contribution in [0, 0.1) is 0 Å². The Hall–Kier alpha value is -0.680. The number of aromatic nitrogens is 2. The average Bonchev–Trinajstić information content (AvgIpc) is 2.87. The summed E-state index contributed by atoms with van der Waals surface area (Å²) in [7, 11) is 3.71. The van der Waals surface area contributed by atoms with Gasteiger partial charge in [0.2, 0.25) is 0 Å². The zero-order valence-corrected chi connectivity index (χ0v) is 10.7. The minimum atomic E-state index is 0.607. The lowest BCUT2D eigenvalue weighted by Crippen LogP contribution is -2.19. The smallest absolute Gasteiger partial charge is 0.124 e. The Morgan fingerprint density at radius 2 is 2.56 bits per heavy atom. The van der Waals surface area contributed by atoms with Crippen LogP contribution in [-0.2, 0) is 18.2 Å². The Kier molecular flexibility index (Phi) is 4.12. The second-order valence-electron chi connectivity index (χ2n) is 4.09. The summed E-state index contributed by atoms with van der Waals surface area (Å²) in [6, 6.07) is 2.73. The highest BCUT2D eigenvalue weighted by molar-refractivity contribution is 7.99. The number of rotatable bonds is 5. The largest absolute Gasteiger partial charge is 0.384 e. The van der Waals surface area contributed by atoms with Crippen molar-refractivity contribution in [2.75, 3.05) is 30.5 Å². The molecule has 2 rings (SSSR count). The highest BCUT2D eigenvalue weighted by Gasteiger charge is 2.16. The zero-order valence-electron chi connectivity index (χ0n) is 9.90. The Balaban J connectivity index is 1.94. The average molecular weight is 241 g/mol. The molecule has 1 aliphatic rings. The van der Waals surface area contributed by atoms with Crippen molar-refractivity contribution in [3.05, 3.63) is 11.8 Å². The molecule has 1 atom stereocenters. The molecule has 1 aliphatic heterocycles. The maximum absolute atomic E-state index is 5.06. The predicted molar refractivity (Wildman–Crippen MR) is 68.1 cm³/mol. The van der Waals surface area contributed by atoms with Crippen molar-refractivity contribution in [3.8, 4) is 0 Å². The number of nitrogens with one attached hydrogen (secondary N) is 1. The molecule has 0 saturated carbocycles. The molecule has 1 aromatic heterocycles. The molecule has 1 saturated heterocycles. The van der Waals surface area contributed by atoms with Gasteiger partial charge in [0.05, 0.1) is 12.3 Å². The van der Waals surface area contributed by atoms with E-state index < -0.39 is 0 Å². The van der Waals surface area contributed by atoms with Crippen LogP contribution in [0.5, 0.6) is 0 Å². The van der Waals surface area contributed by atoms with Gasteiger partial charge in [-0.1, -0.05) is 0 Å². The SMILES string of the molecule is COCCc1cc(NC2CCSC2)n(C)n1. The first-order chi connectivity index (χ1) is 7.79. The van der Waals surface area contributed by atoms with E-state index in [-0.39, 0.29) is 0 Å². The van der Waals surface area contributed by atoms with Gasteiger partial charge in [-0.15, -0.1) is 0 Å². The van der Waals surface area contributed by atoms with Gasteiger partial charge in [-0.05, 0) is 12.2 Å². The number of aryl methyl sites for hydroxylation is 1. The van der Waals surface area contributed by atoms with Crippen molar-refractivity contribution in [1.29, 1.82) is 0 Å². The molecule has 0 radical (unpaired) electrons. The van der Waals surface area contributed by atoms with Crippen LogP contribution in [0.15, 0.2) is 6.07 Å². The summed E-state index contributed by atoms with van der Waals surface area (Å²) in [5.74, 6) is 3.60. The molecule has 1 aromatic rings. The van der Waals surface area contributed by atoms with Crippen molar-refractivity contribution >= 4 is 17.6 Å². The molecule has 0 aromatic carbocycles. The summed E-state index contributed by atoms with van der Waals surface area (Å²) in [5.41, 5.74) is 1.09. The third-order valence-corrected chi connectivity index (χ3v) is 3.94. The van der Waals surface area contributed by atoms with Gasteiger partial charge in [0.25, 0.3) is 0 Å². The van der Waals surface area contributed by atoms with E-state index >= 15 is 0 Å². The molecular weight excluding hydrogens is 222 g/mol. The predicted octanol–water partition coefficient (Wildman–Crippen LogP) is 1.53. The maximum atomic E-state index is 5.06. The van der Waals surface area contributed by atoms with E-state index in [0.29, 0.717) is 6.04 Å². The number of hydrogen-bond donors (Lipinski definition) is 1. The minimum absolute atomic E-state index is 0.607. The summed E-state index contributed by atoms with van der Waals surface area (Å²) in [4.78, 5) is 0. The molecule has 0 bridgehead atoms. The van der Waals surface area contributed by atoms with E-state index in [1.807, 2.05) is 23.5 Å². The highest BCUT2D eigenvalue weighted by atomic mass is 32.2. The molecule has 2 heterocycles. The first-order valence-corrected chi connectivity index (χ1v) is 6.81. The molecule has 90 valence electrons. The Morgan fingerprint density at radius 1 is 1.69 bits per heavy atom. The summed E-state index contributed by atoms with van der Waals surface area (Å²) >= 11 is 2.02. The number of ether oxygens (including phenoxy) is 1. The van der Waals surface area contributed by atoms with Gasteiger partial charge in [-0.25, -0.2) is 0 Å². The van der Waals surface area contributed by atoms with Gasteiger partial charge in [-0.2, -0.15) is 16.9 Å². The summed E-state index contributed by atoms with van der Waals surface area (Å²) in [6.07, 6.45) is 2.13. The summed E-state index contributed by atoms with van der Waals surface area (Å²) in [6.45, 7) is 0.732. The van der Waals surface area contributed by atoms with Gasteiger partial charge in [0, 0.05) is 38.4 Å². The molecule has 0 amide bonds. The van der Waals surface area contributed by atoms with Crippen molar-refractivity contribution in [2.45, 2.75) is 18.9 Å². The normalized spacial score (nSPS) is 20.2. The quantitative estimate of drug-likeness (QED) is 0.848. The molecular formula is C11H19N3OS. The van der Waals surface area contributed by atoms with E-state index in [1.165, 1.54) is 17.9 Å². The molecule has 5 heteroatoms. The fraction of sp³-hybridized carbons (Fsp3) is 0.727. The number of hydrogen-bond acceptors (Lipinski definition) is 4. The van der Waals surface area contributed by atoms with Crippen LogP contribution in [0.1, 0.15) is 12.1 Å². The van der Waals surface area contributed by atoms with Crippen molar-refractivity contribution in [2.24, 2.45) is 7.05 Å². The van der Waals surface area contributed by atoms with Gasteiger partial charge in [-0.3, -0.25) is 4.68 Å². The highest BCUT2D eigenvalue weighted by Crippen LogP contribution is 2.21. The topological polar surface area (TPSA) is 39.1 Å². The van der Waals surface area contributed by atoms with Crippen LogP contribution in [0.3, 0.4) is 0 Å². The lowest BCUT2D eigenvalue weighted by Gasteiger charge is -2.11. The Morgan fingerprint density at radius 3 is 3.25 bits per heavy atom. The molecule has 16 heavy (non-hydrogen) atoms. The zero-order chi connectivity index (χ0) is 11.4. The number of methoxy groups -OCH3 is 1. The Bertz CT molecular complexity index is 334. The van der Waals surface area contributed by atoms with Crippen LogP contribution in [-0.4, -0.2) is 41.0 Å². The van der Waals surface area contributed by atoms with Crippen LogP contribution in [0.4, 0.5) is 5.82 Å². The maximum Gasteiger partial charge on any atom is 0.124 e. The molecule has 0 spiro atoms. The van der Waals surface area contributed by atoms with Crippen LogP contribution < -0.4 is 5.32 Å². The third-order valence-electron chi connectivity index (χ3n) is 2.77. The standard InChI is InChI=1S/C11H19N3OS/c1-14-11(12-10-4-6-16-8-10)7-9(13-14)3-5-15-2/h7,10,12H,3-6,8H2,1-2H3. The molecule has 4 nitrogen and oxygen atoms in total. The molecule has 1 unspecified atom stereocenters. The third kappa shape index (κ3) is 2.92. The van der Waals surface area contributed by atoms with Gasteiger partial charge in [0.1, 0.15) is 5.82 Å². The molecule has 0 aliphatic carbocycles. The number of nitrogens with zero attached hydrogens (tertiary/aromatic N) is 2. The van der Waals surface area contributed by atoms with Crippen molar-refractivity contribution in [1.82, 2.24) is 9.78 Å². The van der Waals surface area contributed by atoms with E-state index in [2.05, 4.69) is 16.5 Å². The van der Waals surface area contributed by atoms with Gasteiger partial charge in [0.15, 0.2) is 0 Å². The molecule has 1 N–H and O–H groups in total. The lowest BCUT2D eigenvalue weighted by molar-refractivity contribution is 0.201. The second-order valence-corrected chi connectivity index (χ2v) is 5.24. The van der Waals surface area contributed by atoms with Gasteiger partial charge < -0.3 is 10.1 Å². The van der Waals surface area contributed by atoms with E-state index in [4.69, 9.17) is 4.74 Å². The minimum Gasteiger partial charge on any atom is -0.384 e. The van der Waals surface area contributed by atoms with Crippen molar-refractivity contribution in [3.63, 3.8) is 0 Å². The fourth-order valence-corrected chi connectivity index (χ4v) is 3.00. The number of anilines is 1. The van der Waals surface area contributed by atoms with Gasteiger partial charge >= 0.3 is 0 Å². The second kappa shape index (κ2) is 5.59. The number of thioether (sulfide) groups is 1. The van der Waals surface area contributed by atoms with Crippen LogP contribution >= 0.6 is 11.8 Å². The lowest BCUT2D eigenvalue weighted by atomic mass is 10.2. The Labute approximate surface area is 101 Å². The first kappa shape index (κ1) is 11.8. The van der Waals surface area contributed by atoms with E-state index in [1.54, 1.807) is 7.11 Å².